The Labute approximate surface area is 172 Å². The fourth-order valence-electron chi connectivity index (χ4n) is 3.50. The molecule has 0 fully saturated rings. The molecule has 0 bridgehead atoms. The lowest BCUT2D eigenvalue weighted by Gasteiger charge is -2.10. The quantitative estimate of drug-likeness (QED) is 0.538. The number of hydrogen-bond donors (Lipinski definition) is 1. The summed E-state index contributed by atoms with van der Waals surface area (Å²) in [7, 11) is 0. The fourth-order valence-corrected chi connectivity index (χ4v) is 4.50. The number of carbonyl (C=O) groups is 1. The number of aromatic nitrogens is 2. The van der Waals surface area contributed by atoms with Crippen molar-refractivity contribution in [1.29, 1.82) is 0 Å². The molecule has 0 saturated heterocycles. The number of nitrogens with zero attached hydrogens (tertiary/aromatic N) is 2. The molecule has 4 rings (SSSR count). The van der Waals surface area contributed by atoms with E-state index in [1.807, 2.05) is 69.3 Å². The van der Waals surface area contributed by atoms with Crippen LogP contribution in [0.25, 0.3) is 21.3 Å². The number of fused-ring (bicyclic) bond motifs is 1. The van der Waals surface area contributed by atoms with Gasteiger partial charge in [-0.05, 0) is 38.0 Å². The number of nitrogens with one attached hydrogen (secondary N) is 1. The van der Waals surface area contributed by atoms with Gasteiger partial charge in [0, 0.05) is 16.1 Å². The van der Waals surface area contributed by atoms with Gasteiger partial charge in [-0.25, -0.2) is 4.98 Å². The van der Waals surface area contributed by atoms with Gasteiger partial charge in [-0.1, -0.05) is 48.0 Å². The highest BCUT2D eigenvalue weighted by molar-refractivity contribution is 7.19. The van der Waals surface area contributed by atoms with Crippen molar-refractivity contribution < 1.29 is 4.79 Å². The van der Waals surface area contributed by atoms with Crippen molar-refractivity contribution in [3.05, 3.63) is 81.2 Å². The predicted molar refractivity (Wildman–Crippen MR) is 119 cm³/mol. The highest BCUT2D eigenvalue weighted by atomic mass is 32.1. The van der Waals surface area contributed by atoms with Crippen LogP contribution in [-0.2, 0) is 11.3 Å². The highest BCUT2D eigenvalue weighted by Crippen LogP contribution is 2.35. The van der Waals surface area contributed by atoms with Gasteiger partial charge in [0.2, 0.25) is 5.91 Å². The Morgan fingerprint density at radius 1 is 1.10 bits per heavy atom. The van der Waals surface area contributed by atoms with Crippen molar-refractivity contribution in [3.8, 4) is 11.1 Å². The van der Waals surface area contributed by atoms with Crippen LogP contribution in [0, 0.1) is 20.8 Å². The van der Waals surface area contributed by atoms with E-state index >= 15 is 0 Å². The van der Waals surface area contributed by atoms with E-state index in [9.17, 15) is 9.59 Å². The molecule has 4 aromatic rings. The third kappa shape index (κ3) is 3.71. The molecule has 2 aromatic heterocycles. The molecule has 0 radical (unpaired) electrons. The number of thiophene rings is 1. The predicted octanol–water partition coefficient (Wildman–Crippen LogP) is 4.69. The summed E-state index contributed by atoms with van der Waals surface area (Å²) in [4.78, 5) is 31.9. The maximum absolute atomic E-state index is 13.2. The first-order chi connectivity index (χ1) is 13.9. The van der Waals surface area contributed by atoms with Gasteiger partial charge < -0.3 is 5.32 Å². The van der Waals surface area contributed by atoms with Crippen molar-refractivity contribution in [1.82, 2.24) is 9.55 Å². The fraction of sp³-hybridized carbons (Fsp3) is 0.174. The lowest BCUT2D eigenvalue weighted by atomic mass is 10.0. The van der Waals surface area contributed by atoms with Gasteiger partial charge in [-0.2, -0.15) is 0 Å². The van der Waals surface area contributed by atoms with E-state index in [-0.39, 0.29) is 18.0 Å². The van der Waals surface area contributed by atoms with Gasteiger partial charge in [-0.15, -0.1) is 11.3 Å². The van der Waals surface area contributed by atoms with Crippen LogP contribution in [0.1, 0.15) is 16.0 Å². The largest absolute Gasteiger partial charge is 0.324 e. The molecule has 0 atom stereocenters. The standard InChI is InChI=1S/C23H21N3O2S/c1-14-9-10-18(15(2)11-14)25-19(27)12-26-13-24-22-21(23(26)28)20(16(3)29-22)17-7-5-4-6-8-17/h4-11,13H,12H2,1-3H3,(H,25,27). The Bertz CT molecular complexity index is 1270. The molecular formula is C23H21N3O2S. The Balaban J connectivity index is 1.69. The SMILES string of the molecule is Cc1ccc(NC(=O)Cn2cnc3sc(C)c(-c4ccccc4)c3c2=O)c(C)c1. The molecule has 0 saturated carbocycles. The van der Waals surface area contributed by atoms with Gasteiger partial charge in [0.05, 0.1) is 11.7 Å². The number of anilines is 1. The minimum absolute atomic E-state index is 0.0851. The molecule has 0 unspecified atom stereocenters. The molecule has 2 aromatic carbocycles. The zero-order valence-electron chi connectivity index (χ0n) is 16.5. The van der Waals surface area contributed by atoms with Crippen LogP contribution in [0.4, 0.5) is 5.69 Å². The van der Waals surface area contributed by atoms with Crippen molar-refractivity contribution >= 4 is 33.1 Å². The summed E-state index contributed by atoms with van der Waals surface area (Å²) in [6, 6.07) is 15.6. The van der Waals surface area contributed by atoms with E-state index in [4.69, 9.17) is 0 Å². The molecule has 1 N–H and O–H groups in total. The number of aryl methyl sites for hydroxylation is 3. The van der Waals surface area contributed by atoms with Crippen molar-refractivity contribution in [2.45, 2.75) is 27.3 Å². The van der Waals surface area contributed by atoms with Crippen molar-refractivity contribution in [2.24, 2.45) is 0 Å². The Kier molecular flexibility index (Phi) is 5.03. The molecular weight excluding hydrogens is 382 g/mol. The first-order valence-corrected chi connectivity index (χ1v) is 10.2. The maximum Gasteiger partial charge on any atom is 0.263 e. The summed E-state index contributed by atoms with van der Waals surface area (Å²) in [5, 5.41) is 3.46. The van der Waals surface area contributed by atoms with Gasteiger partial charge >= 0.3 is 0 Å². The number of rotatable bonds is 4. The Morgan fingerprint density at radius 2 is 1.86 bits per heavy atom. The molecule has 2 heterocycles. The second kappa shape index (κ2) is 7.64. The lowest BCUT2D eigenvalue weighted by molar-refractivity contribution is -0.116. The topological polar surface area (TPSA) is 64.0 Å². The zero-order chi connectivity index (χ0) is 20.5. The molecule has 0 aliphatic carbocycles. The maximum atomic E-state index is 13.2. The van der Waals surface area contributed by atoms with Crippen molar-refractivity contribution in [2.75, 3.05) is 5.32 Å². The van der Waals surface area contributed by atoms with Crippen LogP contribution in [0.3, 0.4) is 0 Å². The molecule has 1 amide bonds. The molecule has 0 spiro atoms. The lowest BCUT2D eigenvalue weighted by Crippen LogP contribution is -2.28. The van der Waals surface area contributed by atoms with E-state index in [1.54, 1.807) is 0 Å². The normalized spacial score (nSPS) is 11.0. The van der Waals surface area contributed by atoms with Crippen LogP contribution >= 0.6 is 11.3 Å². The van der Waals surface area contributed by atoms with E-state index in [0.29, 0.717) is 10.2 Å². The Morgan fingerprint density at radius 3 is 2.59 bits per heavy atom. The van der Waals surface area contributed by atoms with E-state index in [1.165, 1.54) is 22.2 Å². The summed E-state index contributed by atoms with van der Waals surface area (Å²) in [6.07, 6.45) is 1.46. The monoisotopic (exact) mass is 403 g/mol. The van der Waals surface area contributed by atoms with E-state index in [2.05, 4.69) is 10.3 Å². The molecule has 0 aliphatic rings. The third-order valence-corrected chi connectivity index (χ3v) is 5.90. The summed E-state index contributed by atoms with van der Waals surface area (Å²) >= 11 is 1.50. The van der Waals surface area contributed by atoms with Crippen LogP contribution in [0.5, 0.6) is 0 Å². The van der Waals surface area contributed by atoms with E-state index in [0.717, 1.165) is 32.8 Å². The molecule has 29 heavy (non-hydrogen) atoms. The summed E-state index contributed by atoms with van der Waals surface area (Å²) in [6.45, 7) is 5.86. The van der Waals surface area contributed by atoms with Crippen LogP contribution in [0.2, 0.25) is 0 Å². The smallest absolute Gasteiger partial charge is 0.263 e. The third-order valence-electron chi connectivity index (χ3n) is 4.89. The van der Waals surface area contributed by atoms with Crippen molar-refractivity contribution in [3.63, 3.8) is 0 Å². The van der Waals surface area contributed by atoms with Gasteiger partial charge in [0.15, 0.2) is 0 Å². The zero-order valence-corrected chi connectivity index (χ0v) is 17.3. The molecule has 6 heteroatoms. The number of carbonyl (C=O) groups excluding carboxylic acids is 1. The number of hydrogen-bond acceptors (Lipinski definition) is 4. The van der Waals surface area contributed by atoms with Gasteiger partial charge in [0.1, 0.15) is 11.4 Å². The number of amides is 1. The van der Waals surface area contributed by atoms with Crippen LogP contribution in [0.15, 0.2) is 59.7 Å². The minimum atomic E-state index is -0.256. The average Bonchev–Trinajstić information content (AvgIpc) is 3.04. The Hall–Kier alpha value is -3.25. The highest BCUT2D eigenvalue weighted by Gasteiger charge is 2.17. The second-order valence-corrected chi connectivity index (χ2v) is 8.33. The summed E-state index contributed by atoms with van der Waals surface area (Å²) in [5.74, 6) is -0.256. The molecule has 146 valence electrons. The minimum Gasteiger partial charge on any atom is -0.324 e. The molecule has 0 aliphatic heterocycles. The van der Waals surface area contributed by atoms with Gasteiger partial charge in [0.25, 0.3) is 5.56 Å². The van der Waals surface area contributed by atoms with Gasteiger partial charge in [-0.3, -0.25) is 14.2 Å². The van der Waals surface area contributed by atoms with Crippen LogP contribution in [-0.4, -0.2) is 15.5 Å². The first kappa shape index (κ1) is 19.1. The second-order valence-electron chi connectivity index (χ2n) is 7.12. The summed E-state index contributed by atoms with van der Waals surface area (Å²) in [5.41, 5.74) is 4.54. The first-order valence-electron chi connectivity index (χ1n) is 9.35. The summed E-state index contributed by atoms with van der Waals surface area (Å²) < 4.78 is 1.37. The van der Waals surface area contributed by atoms with E-state index < -0.39 is 0 Å². The average molecular weight is 404 g/mol. The van der Waals surface area contributed by atoms with Crippen LogP contribution < -0.4 is 10.9 Å². The number of benzene rings is 2. The molecule has 5 nitrogen and oxygen atoms in total.